The molecule has 0 bridgehead atoms. The van der Waals surface area contributed by atoms with Gasteiger partial charge in [-0.1, -0.05) is 0 Å². The largest absolute Gasteiger partial charge is 0.394 e. The molecule has 0 aliphatic carbocycles. The second-order valence-corrected chi connectivity index (χ2v) is 6.62. The number of rotatable bonds is 6. The lowest BCUT2D eigenvalue weighted by atomic mass is 9.88. The lowest BCUT2D eigenvalue weighted by molar-refractivity contribution is -0.143. The third-order valence-corrected chi connectivity index (χ3v) is 2.83. The number of amides is 2. The minimum Gasteiger partial charge on any atom is -0.394 e. The van der Waals surface area contributed by atoms with E-state index in [1.54, 1.807) is 27.7 Å². The molecule has 0 atom stereocenters. The van der Waals surface area contributed by atoms with Gasteiger partial charge in [0.1, 0.15) is 5.41 Å². The zero-order valence-corrected chi connectivity index (χ0v) is 12.6. The fraction of sp³-hybridized carbons (Fsp3) is 0.846. The van der Waals surface area contributed by atoms with Gasteiger partial charge in [-0.15, -0.1) is 0 Å². The molecule has 0 aromatic heterocycles. The Hall–Kier alpha value is -1.14. The van der Waals surface area contributed by atoms with Crippen molar-refractivity contribution < 1.29 is 19.8 Å². The lowest BCUT2D eigenvalue weighted by Gasteiger charge is -2.33. The summed E-state index contributed by atoms with van der Waals surface area (Å²) >= 11 is 0. The normalized spacial score (nSPS) is 13.1. The second kappa shape index (κ2) is 5.88. The molecule has 0 aromatic carbocycles. The van der Waals surface area contributed by atoms with Gasteiger partial charge in [-0.05, 0) is 41.5 Å². The number of aliphatic hydroxyl groups is 2. The molecule has 0 aromatic rings. The van der Waals surface area contributed by atoms with E-state index in [2.05, 4.69) is 10.6 Å². The van der Waals surface area contributed by atoms with Crippen molar-refractivity contribution in [3.05, 3.63) is 0 Å². The lowest BCUT2D eigenvalue weighted by Crippen LogP contribution is -2.58. The molecule has 19 heavy (non-hydrogen) atoms. The Morgan fingerprint density at radius 3 is 1.26 bits per heavy atom. The molecule has 0 unspecified atom stereocenters. The molecule has 0 spiro atoms. The van der Waals surface area contributed by atoms with Crippen LogP contribution in [0.2, 0.25) is 0 Å². The Morgan fingerprint density at radius 1 is 0.789 bits per heavy atom. The van der Waals surface area contributed by atoms with Crippen LogP contribution in [-0.2, 0) is 9.59 Å². The van der Waals surface area contributed by atoms with E-state index in [1.165, 1.54) is 13.8 Å². The van der Waals surface area contributed by atoms with Crippen LogP contribution in [0.3, 0.4) is 0 Å². The van der Waals surface area contributed by atoms with E-state index in [1.807, 2.05) is 0 Å². The summed E-state index contributed by atoms with van der Waals surface area (Å²) in [7, 11) is 0. The highest BCUT2D eigenvalue weighted by atomic mass is 16.3. The molecule has 0 aliphatic rings. The van der Waals surface area contributed by atoms with Crippen LogP contribution < -0.4 is 10.6 Å². The van der Waals surface area contributed by atoms with Crippen molar-refractivity contribution in [2.75, 3.05) is 13.2 Å². The van der Waals surface area contributed by atoms with Crippen molar-refractivity contribution in [1.29, 1.82) is 0 Å². The summed E-state index contributed by atoms with van der Waals surface area (Å²) in [6, 6.07) is 0. The highest BCUT2D eigenvalue weighted by Gasteiger charge is 2.40. The Bertz CT molecular complexity index is 317. The molecule has 2 amide bonds. The molecular formula is C13H26N2O4. The maximum absolute atomic E-state index is 12.1. The third-order valence-electron chi connectivity index (χ3n) is 2.83. The summed E-state index contributed by atoms with van der Waals surface area (Å²) in [4.78, 5) is 24.2. The van der Waals surface area contributed by atoms with Crippen LogP contribution >= 0.6 is 0 Å². The average molecular weight is 274 g/mol. The number of hydrogen-bond donors (Lipinski definition) is 4. The Kier molecular flexibility index (Phi) is 5.53. The molecule has 0 heterocycles. The van der Waals surface area contributed by atoms with Gasteiger partial charge in [-0.2, -0.15) is 0 Å². The van der Waals surface area contributed by atoms with Crippen molar-refractivity contribution in [3.63, 3.8) is 0 Å². The minimum atomic E-state index is -1.29. The zero-order chi connectivity index (χ0) is 15.5. The molecule has 0 radical (unpaired) electrons. The van der Waals surface area contributed by atoms with Gasteiger partial charge in [0.05, 0.1) is 24.3 Å². The molecular weight excluding hydrogens is 248 g/mol. The minimum absolute atomic E-state index is 0.224. The molecule has 112 valence electrons. The molecule has 0 fully saturated rings. The first-order valence-electron chi connectivity index (χ1n) is 6.25. The first kappa shape index (κ1) is 17.9. The van der Waals surface area contributed by atoms with Crippen LogP contribution in [0.25, 0.3) is 0 Å². The molecule has 4 N–H and O–H groups in total. The fourth-order valence-electron chi connectivity index (χ4n) is 1.11. The standard InChI is InChI=1S/C13H26N2O4/c1-11(2,7-16)14-9(18)13(5,6)10(19)15-12(3,4)8-17/h16-17H,7-8H2,1-6H3,(H,14,18)(H,15,19). The Morgan fingerprint density at radius 2 is 1.05 bits per heavy atom. The third kappa shape index (κ3) is 5.16. The SMILES string of the molecule is CC(C)(CO)NC(=O)C(C)(C)C(=O)NC(C)(C)CO. The van der Waals surface area contributed by atoms with Crippen molar-refractivity contribution in [2.24, 2.45) is 5.41 Å². The molecule has 0 saturated heterocycles. The van der Waals surface area contributed by atoms with Crippen LogP contribution in [0.15, 0.2) is 0 Å². The van der Waals surface area contributed by atoms with Gasteiger partial charge < -0.3 is 20.8 Å². The number of aliphatic hydroxyl groups excluding tert-OH is 2. The first-order chi connectivity index (χ1) is 8.38. The smallest absolute Gasteiger partial charge is 0.235 e. The van der Waals surface area contributed by atoms with Gasteiger partial charge in [0.15, 0.2) is 0 Å². The van der Waals surface area contributed by atoms with Crippen molar-refractivity contribution in [3.8, 4) is 0 Å². The van der Waals surface area contributed by atoms with Gasteiger partial charge in [-0.25, -0.2) is 0 Å². The summed E-state index contributed by atoms with van der Waals surface area (Å²) in [5.74, 6) is -0.949. The second-order valence-electron chi connectivity index (χ2n) is 6.62. The van der Waals surface area contributed by atoms with Gasteiger partial charge >= 0.3 is 0 Å². The van der Waals surface area contributed by atoms with Crippen LogP contribution in [0.5, 0.6) is 0 Å². The van der Waals surface area contributed by atoms with Gasteiger partial charge in [0, 0.05) is 0 Å². The molecule has 0 saturated carbocycles. The summed E-state index contributed by atoms with van der Waals surface area (Å²) in [6.45, 7) is 9.20. The van der Waals surface area contributed by atoms with Crippen molar-refractivity contribution >= 4 is 11.8 Å². The summed E-state index contributed by atoms with van der Waals surface area (Å²) in [5.41, 5.74) is -2.87. The summed E-state index contributed by atoms with van der Waals surface area (Å²) in [6.07, 6.45) is 0. The van der Waals surface area contributed by atoms with E-state index in [4.69, 9.17) is 10.2 Å². The van der Waals surface area contributed by atoms with Gasteiger partial charge in [0.25, 0.3) is 0 Å². The van der Waals surface area contributed by atoms with E-state index < -0.39 is 28.3 Å². The van der Waals surface area contributed by atoms with Crippen LogP contribution in [-0.4, -0.2) is 46.3 Å². The van der Waals surface area contributed by atoms with Crippen LogP contribution in [0, 0.1) is 5.41 Å². The molecule has 6 heteroatoms. The number of hydrogen-bond acceptors (Lipinski definition) is 4. The van der Waals surface area contributed by atoms with E-state index in [0.29, 0.717) is 0 Å². The number of nitrogens with one attached hydrogen (secondary N) is 2. The van der Waals surface area contributed by atoms with Crippen LogP contribution in [0.4, 0.5) is 0 Å². The van der Waals surface area contributed by atoms with E-state index in [9.17, 15) is 9.59 Å². The highest BCUT2D eigenvalue weighted by molar-refractivity contribution is 6.04. The predicted octanol–water partition coefficient (Wildman–Crippen LogP) is -0.213. The van der Waals surface area contributed by atoms with Gasteiger partial charge in [-0.3, -0.25) is 9.59 Å². The van der Waals surface area contributed by atoms with Crippen LogP contribution in [0.1, 0.15) is 41.5 Å². The summed E-state index contributed by atoms with van der Waals surface area (Å²) < 4.78 is 0. The maximum Gasteiger partial charge on any atom is 0.235 e. The quantitative estimate of drug-likeness (QED) is 0.504. The molecule has 0 rings (SSSR count). The highest BCUT2D eigenvalue weighted by Crippen LogP contribution is 2.19. The topological polar surface area (TPSA) is 98.7 Å². The zero-order valence-electron chi connectivity index (χ0n) is 12.6. The monoisotopic (exact) mass is 274 g/mol. The van der Waals surface area contributed by atoms with E-state index in [-0.39, 0.29) is 13.2 Å². The summed E-state index contributed by atoms with van der Waals surface area (Å²) in [5, 5.41) is 23.5. The van der Waals surface area contributed by atoms with E-state index in [0.717, 1.165) is 0 Å². The maximum atomic E-state index is 12.1. The predicted molar refractivity (Wildman–Crippen MR) is 72.4 cm³/mol. The molecule has 0 aliphatic heterocycles. The van der Waals surface area contributed by atoms with E-state index >= 15 is 0 Å². The average Bonchev–Trinajstić information content (AvgIpc) is 2.27. The van der Waals surface area contributed by atoms with Crippen molar-refractivity contribution in [2.45, 2.75) is 52.6 Å². The number of carbonyl (C=O) groups is 2. The fourth-order valence-corrected chi connectivity index (χ4v) is 1.11. The number of carbonyl (C=O) groups excluding carboxylic acids is 2. The Labute approximate surface area is 114 Å². The first-order valence-corrected chi connectivity index (χ1v) is 6.25. The van der Waals surface area contributed by atoms with Gasteiger partial charge in [0.2, 0.25) is 11.8 Å². The molecule has 6 nitrogen and oxygen atoms in total. The van der Waals surface area contributed by atoms with Crippen molar-refractivity contribution in [1.82, 2.24) is 10.6 Å². The Balaban J connectivity index is 4.87.